The van der Waals surface area contributed by atoms with Crippen LogP contribution >= 0.6 is 0 Å². The number of hydrogen-bond donors (Lipinski definition) is 1. The summed E-state index contributed by atoms with van der Waals surface area (Å²) in [6, 6.07) is 14.1. The molecule has 0 atom stereocenters. The van der Waals surface area contributed by atoms with Crippen molar-refractivity contribution in [1.82, 2.24) is 19.4 Å². The number of carbonyl (C=O) groups is 1. The van der Waals surface area contributed by atoms with Gasteiger partial charge in [0, 0.05) is 40.2 Å². The van der Waals surface area contributed by atoms with E-state index in [0.29, 0.717) is 18.9 Å². The molecule has 1 N–H and O–H groups in total. The van der Waals surface area contributed by atoms with Gasteiger partial charge < -0.3 is 15.0 Å². The number of carbonyl (C=O) groups excluding carboxylic acids is 1. The van der Waals surface area contributed by atoms with Crippen molar-refractivity contribution in [1.29, 1.82) is 0 Å². The Bertz CT molecular complexity index is 1110. The van der Waals surface area contributed by atoms with Crippen LogP contribution in [0.5, 0.6) is 5.75 Å². The van der Waals surface area contributed by atoms with Gasteiger partial charge in [-0.2, -0.15) is 0 Å². The van der Waals surface area contributed by atoms with Gasteiger partial charge in [0.25, 0.3) is 0 Å². The van der Waals surface area contributed by atoms with Crippen molar-refractivity contribution in [3.05, 3.63) is 64.1 Å². The molecule has 0 radical (unpaired) electrons. The van der Waals surface area contributed by atoms with E-state index in [-0.39, 0.29) is 5.69 Å². The SMILES string of the molecule is Cn1c(=O)n(C)c2cc(COc3ccc(CNCCCN4CCCC4=O)cc3)ccc21. The predicted molar refractivity (Wildman–Crippen MR) is 121 cm³/mol. The van der Waals surface area contributed by atoms with Crippen LogP contribution in [-0.2, 0) is 32.0 Å². The Morgan fingerprint density at radius 1 is 0.968 bits per heavy atom. The minimum Gasteiger partial charge on any atom is -0.489 e. The number of aryl methyl sites for hydroxylation is 2. The van der Waals surface area contributed by atoms with E-state index in [1.807, 2.05) is 35.2 Å². The number of nitrogens with one attached hydrogen (secondary N) is 1. The summed E-state index contributed by atoms with van der Waals surface area (Å²) < 4.78 is 9.24. The molecule has 7 heteroatoms. The fourth-order valence-corrected chi connectivity index (χ4v) is 4.08. The number of amides is 1. The van der Waals surface area contributed by atoms with Gasteiger partial charge in [-0.1, -0.05) is 18.2 Å². The second-order valence-corrected chi connectivity index (χ2v) is 8.17. The number of aromatic nitrogens is 2. The molecule has 164 valence electrons. The minimum atomic E-state index is -0.0261. The van der Waals surface area contributed by atoms with E-state index in [4.69, 9.17) is 4.74 Å². The lowest BCUT2D eigenvalue weighted by Crippen LogP contribution is -2.28. The molecule has 0 saturated carbocycles. The second-order valence-electron chi connectivity index (χ2n) is 8.17. The van der Waals surface area contributed by atoms with Crippen molar-refractivity contribution in [2.24, 2.45) is 14.1 Å². The normalized spacial score (nSPS) is 14.0. The molecular weight excluding hydrogens is 392 g/mol. The number of ether oxygens (including phenoxy) is 1. The van der Waals surface area contributed by atoms with Crippen molar-refractivity contribution in [2.75, 3.05) is 19.6 Å². The summed E-state index contributed by atoms with van der Waals surface area (Å²) in [6.45, 7) is 3.91. The van der Waals surface area contributed by atoms with Crippen LogP contribution in [0.2, 0.25) is 0 Å². The number of nitrogens with zero attached hydrogens (tertiary/aromatic N) is 3. The smallest absolute Gasteiger partial charge is 0.328 e. The van der Waals surface area contributed by atoms with Crippen LogP contribution in [0.4, 0.5) is 0 Å². The molecule has 31 heavy (non-hydrogen) atoms. The minimum absolute atomic E-state index is 0.0261. The summed E-state index contributed by atoms with van der Waals surface area (Å²) in [4.78, 5) is 25.6. The molecular formula is C24H30N4O3. The highest BCUT2D eigenvalue weighted by Gasteiger charge is 2.18. The standard InChI is InChI=1S/C24H30N4O3/c1-26-21-11-8-19(15-22(21)27(2)24(26)30)17-31-20-9-6-18(7-10-20)16-25-12-4-14-28-13-3-5-23(28)29/h6-11,15,25H,3-5,12-14,16-17H2,1-2H3. The van der Waals surface area contributed by atoms with E-state index in [2.05, 4.69) is 17.4 Å². The average Bonchev–Trinajstić information content (AvgIpc) is 3.29. The Kier molecular flexibility index (Phi) is 6.42. The first-order valence-corrected chi connectivity index (χ1v) is 10.9. The summed E-state index contributed by atoms with van der Waals surface area (Å²) in [5.74, 6) is 1.11. The van der Waals surface area contributed by atoms with Gasteiger partial charge in [-0.05, 0) is 54.8 Å². The molecule has 0 unspecified atom stereocenters. The van der Waals surface area contributed by atoms with Crippen molar-refractivity contribution >= 4 is 16.9 Å². The third kappa shape index (κ3) is 4.82. The van der Waals surface area contributed by atoms with Crippen molar-refractivity contribution < 1.29 is 9.53 Å². The van der Waals surface area contributed by atoms with E-state index in [1.54, 1.807) is 23.2 Å². The molecule has 0 spiro atoms. The van der Waals surface area contributed by atoms with Crippen LogP contribution in [0.25, 0.3) is 11.0 Å². The van der Waals surface area contributed by atoms with Gasteiger partial charge >= 0.3 is 5.69 Å². The highest BCUT2D eigenvalue weighted by atomic mass is 16.5. The van der Waals surface area contributed by atoms with Gasteiger partial charge in [0.05, 0.1) is 11.0 Å². The zero-order chi connectivity index (χ0) is 21.8. The van der Waals surface area contributed by atoms with E-state index < -0.39 is 0 Å². The Morgan fingerprint density at radius 2 is 1.71 bits per heavy atom. The number of benzene rings is 2. The van der Waals surface area contributed by atoms with Crippen LogP contribution in [0.15, 0.2) is 47.3 Å². The highest BCUT2D eigenvalue weighted by molar-refractivity contribution is 5.78. The maximum Gasteiger partial charge on any atom is 0.328 e. The molecule has 1 aliphatic rings. The first-order valence-electron chi connectivity index (χ1n) is 10.9. The Hall–Kier alpha value is -3.06. The summed E-state index contributed by atoms with van der Waals surface area (Å²) in [5.41, 5.74) is 4.02. The molecule has 3 aromatic rings. The van der Waals surface area contributed by atoms with Crippen molar-refractivity contribution in [3.8, 4) is 5.75 Å². The zero-order valence-electron chi connectivity index (χ0n) is 18.3. The second kappa shape index (κ2) is 9.39. The van der Waals surface area contributed by atoms with Gasteiger partial charge in [0.15, 0.2) is 0 Å². The maximum absolute atomic E-state index is 12.1. The van der Waals surface area contributed by atoms with E-state index >= 15 is 0 Å². The maximum atomic E-state index is 12.1. The predicted octanol–water partition coefficient (Wildman–Crippen LogP) is 2.56. The Labute approximate surface area is 182 Å². The summed E-state index contributed by atoms with van der Waals surface area (Å²) in [5, 5.41) is 3.44. The Balaban J connectivity index is 1.23. The third-order valence-corrected chi connectivity index (χ3v) is 5.95. The first kappa shape index (κ1) is 21.2. The number of likely N-dealkylation sites (tertiary alicyclic amines) is 1. The summed E-state index contributed by atoms with van der Waals surface area (Å²) >= 11 is 0. The largest absolute Gasteiger partial charge is 0.489 e. The molecule has 1 amide bonds. The van der Waals surface area contributed by atoms with Crippen molar-refractivity contribution in [2.45, 2.75) is 32.4 Å². The fourth-order valence-electron chi connectivity index (χ4n) is 4.08. The molecule has 1 fully saturated rings. The molecule has 1 saturated heterocycles. The molecule has 0 bridgehead atoms. The monoisotopic (exact) mass is 422 g/mol. The van der Waals surface area contributed by atoms with E-state index in [9.17, 15) is 9.59 Å². The molecule has 1 aromatic heterocycles. The van der Waals surface area contributed by atoms with Crippen LogP contribution in [0.1, 0.15) is 30.4 Å². The zero-order valence-corrected chi connectivity index (χ0v) is 18.3. The van der Waals surface area contributed by atoms with Crippen LogP contribution in [0.3, 0.4) is 0 Å². The fraction of sp³-hybridized carbons (Fsp3) is 0.417. The van der Waals surface area contributed by atoms with Gasteiger partial charge in [0.1, 0.15) is 12.4 Å². The molecule has 4 rings (SSSR count). The molecule has 7 nitrogen and oxygen atoms in total. The van der Waals surface area contributed by atoms with Gasteiger partial charge in [-0.25, -0.2) is 4.79 Å². The first-order chi connectivity index (χ1) is 15.0. The number of fused-ring (bicyclic) bond motifs is 1. The van der Waals surface area contributed by atoms with Crippen molar-refractivity contribution in [3.63, 3.8) is 0 Å². The Morgan fingerprint density at radius 3 is 2.45 bits per heavy atom. The lowest BCUT2D eigenvalue weighted by atomic mass is 10.2. The number of hydrogen-bond acceptors (Lipinski definition) is 4. The summed E-state index contributed by atoms with van der Waals surface area (Å²) in [6.07, 6.45) is 2.69. The quantitative estimate of drug-likeness (QED) is 0.538. The lowest BCUT2D eigenvalue weighted by molar-refractivity contribution is -0.127. The molecule has 1 aliphatic heterocycles. The van der Waals surface area contributed by atoms with Crippen LogP contribution in [-0.4, -0.2) is 39.6 Å². The lowest BCUT2D eigenvalue weighted by Gasteiger charge is -2.15. The van der Waals surface area contributed by atoms with Gasteiger partial charge in [-0.15, -0.1) is 0 Å². The topological polar surface area (TPSA) is 68.5 Å². The number of rotatable bonds is 9. The average molecular weight is 423 g/mol. The number of imidazole rings is 1. The van der Waals surface area contributed by atoms with Gasteiger partial charge in [-0.3, -0.25) is 13.9 Å². The van der Waals surface area contributed by atoms with Crippen LogP contribution < -0.4 is 15.7 Å². The molecule has 2 heterocycles. The highest BCUT2D eigenvalue weighted by Crippen LogP contribution is 2.18. The third-order valence-electron chi connectivity index (χ3n) is 5.95. The van der Waals surface area contributed by atoms with E-state index in [0.717, 1.165) is 61.4 Å². The van der Waals surface area contributed by atoms with Gasteiger partial charge in [0.2, 0.25) is 5.91 Å². The molecule has 0 aliphatic carbocycles. The summed E-state index contributed by atoms with van der Waals surface area (Å²) in [7, 11) is 3.57. The van der Waals surface area contributed by atoms with Crippen LogP contribution in [0, 0.1) is 0 Å². The van der Waals surface area contributed by atoms with E-state index in [1.165, 1.54) is 5.56 Å². The molecule has 2 aromatic carbocycles.